The molecule has 1 aromatic carbocycles. The van der Waals surface area contributed by atoms with E-state index in [4.69, 9.17) is 4.65 Å². The molecular formula is C19H22BNO4. The van der Waals surface area contributed by atoms with Gasteiger partial charge in [0, 0.05) is 18.7 Å². The standard InChI is InChI=1S/C19H22BNO4/c1-13(22)17-6-4-5-14-9-15(20(24)25-18(14)17)10-16(23)11-19(12-21)7-2-3-8-19/h4-6,15,24H,2-3,7-11H2,1H3/t15-/m1/s1. The lowest BCUT2D eigenvalue weighted by molar-refractivity contribution is -0.120. The zero-order valence-electron chi connectivity index (χ0n) is 14.5. The molecule has 0 bridgehead atoms. The van der Waals surface area contributed by atoms with Crippen LogP contribution in [0.25, 0.3) is 0 Å². The van der Waals surface area contributed by atoms with Gasteiger partial charge in [-0.3, -0.25) is 9.59 Å². The van der Waals surface area contributed by atoms with Crippen molar-refractivity contribution in [3.8, 4) is 11.8 Å². The van der Waals surface area contributed by atoms with Gasteiger partial charge in [-0.2, -0.15) is 5.26 Å². The number of para-hydroxylation sites is 1. The molecule has 0 spiro atoms. The second-order valence-corrected chi connectivity index (χ2v) is 7.34. The number of rotatable bonds is 5. The molecule has 0 saturated heterocycles. The van der Waals surface area contributed by atoms with Gasteiger partial charge in [0.15, 0.2) is 5.78 Å². The molecule has 6 heteroatoms. The quantitative estimate of drug-likeness (QED) is 0.658. The van der Waals surface area contributed by atoms with Crippen molar-refractivity contribution in [3.05, 3.63) is 29.3 Å². The number of hydrogen-bond donors (Lipinski definition) is 1. The topological polar surface area (TPSA) is 87.4 Å². The fourth-order valence-electron chi connectivity index (χ4n) is 4.06. The monoisotopic (exact) mass is 339 g/mol. The van der Waals surface area contributed by atoms with E-state index in [1.165, 1.54) is 6.92 Å². The summed E-state index contributed by atoms with van der Waals surface area (Å²) >= 11 is 0. The SMILES string of the molecule is CC(=O)c1cccc2c1OB(O)[C@@H](CC(=O)CC1(C#N)CCCC1)C2. The largest absolute Gasteiger partial charge is 0.535 e. The molecule has 130 valence electrons. The molecule has 1 heterocycles. The van der Waals surface area contributed by atoms with Crippen LogP contribution in [0.2, 0.25) is 5.82 Å². The van der Waals surface area contributed by atoms with Crippen molar-refractivity contribution < 1.29 is 19.3 Å². The van der Waals surface area contributed by atoms with Crippen LogP contribution in [-0.2, 0) is 11.2 Å². The minimum Gasteiger partial charge on any atom is -0.535 e. The van der Waals surface area contributed by atoms with Crippen molar-refractivity contribution in [2.45, 2.75) is 57.7 Å². The Morgan fingerprint density at radius 1 is 1.40 bits per heavy atom. The van der Waals surface area contributed by atoms with E-state index in [1.54, 1.807) is 12.1 Å². The minimum atomic E-state index is -1.11. The molecule has 1 aliphatic heterocycles. The van der Waals surface area contributed by atoms with Crippen molar-refractivity contribution in [1.82, 2.24) is 0 Å². The van der Waals surface area contributed by atoms with Gasteiger partial charge in [0.2, 0.25) is 0 Å². The molecule has 1 N–H and O–H groups in total. The Kier molecular flexibility index (Phi) is 4.96. The summed E-state index contributed by atoms with van der Waals surface area (Å²) in [5.74, 6) is -0.0344. The molecular weight excluding hydrogens is 317 g/mol. The molecule has 0 unspecified atom stereocenters. The Hall–Kier alpha value is -2.13. The van der Waals surface area contributed by atoms with E-state index in [0.29, 0.717) is 17.7 Å². The van der Waals surface area contributed by atoms with Crippen molar-refractivity contribution >= 4 is 18.7 Å². The number of benzene rings is 1. The van der Waals surface area contributed by atoms with Gasteiger partial charge in [-0.25, -0.2) is 0 Å². The van der Waals surface area contributed by atoms with Gasteiger partial charge in [0.25, 0.3) is 0 Å². The third-order valence-electron chi connectivity index (χ3n) is 5.42. The average Bonchev–Trinajstić information content (AvgIpc) is 3.03. The van der Waals surface area contributed by atoms with Crippen LogP contribution in [0, 0.1) is 16.7 Å². The first-order valence-corrected chi connectivity index (χ1v) is 8.85. The van der Waals surface area contributed by atoms with E-state index in [-0.39, 0.29) is 30.2 Å². The first-order chi connectivity index (χ1) is 11.9. The molecule has 5 nitrogen and oxygen atoms in total. The molecule has 1 aliphatic carbocycles. The van der Waals surface area contributed by atoms with Gasteiger partial charge in [0.05, 0.1) is 17.0 Å². The van der Waals surface area contributed by atoms with Crippen LogP contribution in [0.15, 0.2) is 18.2 Å². The fraction of sp³-hybridized carbons (Fsp3) is 0.526. The molecule has 1 atom stereocenters. The molecule has 2 aliphatic rings. The number of fused-ring (bicyclic) bond motifs is 1. The van der Waals surface area contributed by atoms with E-state index in [1.807, 2.05) is 6.07 Å². The highest BCUT2D eigenvalue weighted by Crippen LogP contribution is 2.42. The maximum atomic E-state index is 12.5. The van der Waals surface area contributed by atoms with Crippen LogP contribution in [0.5, 0.6) is 5.75 Å². The highest BCUT2D eigenvalue weighted by Gasteiger charge is 2.40. The van der Waals surface area contributed by atoms with E-state index < -0.39 is 12.5 Å². The summed E-state index contributed by atoms with van der Waals surface area (Å²) in [6.45, 7) is 1.46. The summed E-state index contributed by atoms with van der Waals surface area (Å²) in [6, 6.07) is 7.67. The maximum absolute atomic E-state index is 12.5. The number of ketones is 2. The van der Waals surface area contributed by atoms with Crippen LogP contribution >= 0.6 is 0 Å². The zero-order chi connectivity index (χ0) is 18.0. The van der Waals surface area contributed by atoms with E-state index in [2.05, 4.69) is 6.07 Å². The number of nitriles is 1. The first-order valence-electron chi connectivity index (χ1n) is 8.85. The van der Waals surface area contributed by atoms with Crippen molar-refractivity contribution in [2.24, 2.45) is 5.41 Å². The number of carbonyl (C=O) groups excluding carboxylic acids is 2. The Bertz CT molecular complexity index is 733. The lowest BCUT2D eigenvalue weighted by Gasteiger charge is -2.29. The van der Waals surface area contributed by atoms with Gasteiger partial charge >= 0.3 is 7.12 Å². The van der Waals surface area contributed by atoms with Crippen molar-refractivity contribution in [1.29, 1.82) is 5.26 Å². The molecule has 1 saturated carbocycles. The average molecular weight is 339 g/mol. The third kappa shape index (κ3) is 3.62. The third-order valence-corrected chi connectivity index (χ3v) is 5.42. The van der Waals surface area contributed by atoms with Crippen molar-refractivity contribution in [3.63, 3.8) is 0 Å². The summed E-state index contributed by atoms with van der Waals surface area (Å²) < 4.78 is 5.58. The van der Waals surface area contributed by atoms with Gasteiger partial charge in [0.1, 0.15) is 11.5 Å². The van der Waals surface area contributed by atoms with Gasteiger partial charge in [-0.05, 0) is 37.8 Å². The fourth-order valence-corrected chi connectivity index (χ4v) is 4.06. The lowest BCUT2D eigenvalue weighted by Crippen LogP contribution is -2.36. The molecule has 25 heavy (non-hydrogen) atoms. The van der Waals surface area contributed by atoms with Crippen LogP contribution in [0.1, 0.15) is 61.4 Å². The van der Waals surface area contributed by atoms with Crippen LogP contribution in [-0.4, -0.2) is 23.7 Å². The first kappa shape index (κ1) is 17.7. The summed E-state index contributed by atoms with van der Waals surface area (Å²) in [4.78, 5) is 24.2. The Morgan fingerprint density at radius 2 is 2.12 bits per heavy atom. The summed E-state index contributed by atoms with van der Waals surface area (Å²) in [5.41, 5.74) is 0.777. The van der Waals surface area contributed by atoms with E-state index in [9.17, 15) is 19.9 Å². The molecule has 0 amide bonds. The lowest BCUT2D eigenvalue weighted by atomic mass is 9.63. The van der Waals surface area contributed by atoms with Crippen molar-refractivity contribution in [2.75, 3.05) is 0 Å². The summed E-state index contributed by atoms with van der Waals surface area (Å²) in [6.07, 6.45) is 4.49. The Balaban J connectivity index is 1.70. The zero-order valence-corrected chi connectivity index (χ0v) is 14.5. The molecule has 0 radical (unpaired) electrons. The molecule has 1 aromatic rings. The van der Waals surface area contributed by atoms with Gasteiger partial charge in [-0.1, -0.05) is 25.0 Å². The predicted octanol–water partition coefficient (Wildman–Crippen LogP) is 3.11. The van der Waals surface area contributed by atoms with Gasteiger partial charge in [-0.15, -0.1) is 0 Å². The normalized spacial score (nSPS) is 21.2. The summed E-state index contributed by atoms with van der Waals surface area (Å²) in [5, 5.41) is 19.7. The Labute approximate surface area is 148 Å². The van der Waals surface area contributed by atoms with Crippen LogP contribution < -0.4 is 4.65 Å². The Morgan fingerprint density at radius 3 is 2.76 bits per heavy atom. The van der Waals surface area contributed by atoms with E-state index in [0.717, 1.165) is 31.2 Å². The number of carbonyl (C=O) groups is 2. The maximum Gasteiger partial charge on any atom is 0.526 e. The molecule has 0 aromatic heterocycles. The number of Topliss-reactive ketones (excluding diaryl/α,β-unsaturated/α-hetero) is 2. The highest BCUT2D eigenvalue weighted by molar-refractivity contribution is 6.47. The van der Waals surface area contributed by atoms with Crippen LogP contribution in [0.3, 0.4) is 0 Å². The smallest absolute Gasteiger partial charge is 0.526 e. The highest BCUT2D eigenvalue weighted by atomic mass is 16.5. The summed E-state index contributed by atoms with van der Waals surface area (Å²) in [7, 11) is -1.11. The molecule has 3 rings (SSSR count). The molecule has 1 fully saturated rings. The number of hydrogen-bond acceptors (Lipinski definition) is 5. The van der Waals surface area contributed by atoms with Crippen LogP contribution in [0.4, 0.5) is 0 Å². The second kappa shape index (κ2) is 7.01. The minimum absolute atomic E-state index is 0.00210. The predicted molar refractivity (Wildman–Crippen MR) is 93.3 cm³/mol. The van der Waals surface area contributed by atoms with Gasteiger partial charge < -0.3 is 9.68 Å². The van der Waals surface area contributed by atoms with E-state index >= 15 is 0 Å². The number of nitrogens with zero attached hydrogens (tertiary/aromatic N) is 1. The second-order valence-electron chi connectivity index (χ2n) is 7.34.